The first-order valence-corrected chi connectivity index (χ1v) is 11.7. The first-order valence-electron chi connectivity index (χ1n) is 11.4. The van der Waals surface area contributed by atoms with Gasteiger partial charge in [-0.15, -0.1) is 0 Å². The summed E-state index contributed by atoms with van der Waals surface area (Å²) >= 11 is 6.27. The van der Waals surface area contributed by atoms with E-state index in [-0.39, 0.29) is 23.1 Å². The minimum absolute atomic E-state index is 0.0589. The molecule has 2 heterocycles. The number of aliphatic hydroxyl groups excluding tert-OH is 2. The monoisotopic (exact) mass is 505 g/mol. The van der Waals surface area contributed by atoms with Crippen LogP contribution in [0.2, 0.25) is 5.02 Å². The Morgan fingerprint density at radius 1 is 1.11 bits per heavy atom. The molecule has 6 nitrogen and oxygen atoms in total. The molecule has 2 aliphatic rings. The van der Waals surface area contributed by atoms with E-state index >= 15 is 0 Å². The van der Waals surface area contributed by atoms with E-state index in [0.717, 1.165) is 23.4 Å². The van der Waals surface area contributed by atoms with Gasteiger partial charge < -0.3 is 15.1 Å². The number of nitrogens with zero attached hydrogens (tertiary/aromatic N) is 3. The molecule has 0 bridgehead atoms. The van der Waals surface area contributed by atoms with Crippen LogP contribution in [-0.4, -0.2) is 42.9 Å². The fraction of sp³-hybridized carbons (Fsp3) is 0.360. The fourth-order valence-electron chi connectivity index (χ4n) is 5.14. The molecular weight excluding hydrogens is 483 g/mol. The summed E-state index contributed by atoms with van der Waals surface area (Å²) in [7, 11) is 0. The lowest BCUT2D eigenvalue weighted by Crippen LogP contribution is -2.47. The van der Waals surface area contributed by atoms with Gasteiger partial charge in [-0.25, -0.2) is 4.68 Å². The van der Waals surface area contributed by atoms with Gasteiger partial charge in [0.25, 0.3) is 5.91 Å². The third-order valence-electron chi connectivity index (χ3n) is 6.81. The third kappa shape index (κ3) is 4.22. The molecule has 0 radical (unpaired) electrons. The Hall–Kier alpha value is -2.88. The molecule has 1 aromatic heterocycles. The van der Waals surface area contributed by atoms with Crippen molar-refractivity contribution in [1.82, 2.24) is 14.7 Å². The van der Waals surface area contributed by atoms with Crippen LogP contribution in [0.15, 0.2) is 48.8 Å². The van der Waals surface area contributed by atoms with Crippen LogP contribution in [0.25, 0.3) is 5.69 Å². The van der Waals surface area contributed by atoms with Crippen LogP contribution in [0.5, 0.6) is 0 Å². The Bertz CT molecular complexity index is 1250. The average molecular weight is 506 g/mol. The number of carbonyl (C=O) groups is 1. The SMILES string of the molecule is O=C1c2cc(Cc3ccc(-n4cccn4)cc3)c(C(F)(F)F)c(Cl)c2C(O)N1C1CCCCC1O. The van der Waals surface area contributed by atoms with Gasteiger partial charge in [-0.3, -0.25) is 4.79 Å². The molecule has 10 heteroatoms. The summed E-state index contributed by atoms with van der Waals surface area (Å²) in [5, 5.41) is 24.8. The number of carbonyl (C=O) groups excluding carboxylic acids is 1. The predicted molar refractivity (Wildman–Crippen MR) is 122 cm³/mol. The number of aromatic nitrogens is 2. The number of fused-ring (bicyclic) bond motifs is 1. The zero-order valence-electron chi connectivity index (χ0n) is 18.5. The molecule has 3 atom stereocenters. The number of halogens is 4. The molecule has 1 aliphatic carbocycles. The van der Waals surface area contributed by atoms with Crippen LogP contribution < -0.4 is 0 Å². The lowest BCUT2D eigenvalue weighted by atomic mass is 9.91. The molecule has 184 valence electrons. The van der Waals surface area contributed by atoms with Gasteiger partial charge in [0.2, 0.25) is 0 Å². The molecule has 1 amide bonds. The van der Waals surface area contributed by atoms with Crippen molar-refractivity contribution < 1.29 is 28.2 Å². The number of amides is 1. The van der Waals surface area contributed by atoms with Gasteiger partial charge in [-0.1, -0.05) is 36.6 Å². The molecule has 5 rings (SSSR count). The van der Waals surface area contributed by atoms with Crippen molar-refractivity contribution >= 4 is 17.5 Å². The largest absolute Gasteiger partial charge is 0.418 e. The van der Waals surface area contributed by atoms with Gasteiger partial charge in [0.15, 0.2) is 6.23 Å². The molecule has 3 aromatic rings. The molecule has 2 N–H and O–H groups in total. The van der Waals surface area contributed by atoms with Crippen LogP contribution >= 0.6 is 11.6 Å². The molecule has 35 heavy (non-hydrogen) atoms. The predicted octanol–water partition coefficient (Wildman–Crippen LogP) is 4.89. The van der Waals surface area contributed by atoms with E-state index in [1.807, 2.05) is 0 Å². The Labute approximate surface area is 204 Å². The smallest absolute Gasteiger partial charge is 0.391 e. The van der Waals surface area contributed by atoms with Crippen LogP contribution in [0.3, 0.4) is 0 Å². The molecule has 3 unspecified atom stereocenters. The minimum Gasteiger partial charge on any atom is -0.391 e. The summed E-state index contributed by atoms with van der Waals surface area (Å²) < 4.78 is 44.1. The molecule has 1 aliphatic heterocycles. The summed E-state index contributed by atoms with van der Waals surface area (Å²) in [5.41, 5.74) is -0.183. The van der Waals surface area contributed by atoms with Gasteiger partial charge in [-0.05, 0) is 54.7 Å². The van der Waals surface area contributed by atoms with Crippen molar-refractivity contribution in [2.24, 2.45) is 0 Å². The summed E-state index contributed by atoms with van der Waals surface area (Å²) in [6.07, 6.45) is -1.60. The van der Waals surface area contributed by atoms with E-state index in [1.165, 1.54) is 6.07 Å². The lowest BCUT2D eigenvalue weighted by molar-refractivity contribution is -0.138. The number of hydrogen-bond donors (Lipinski definition) is 2. The quantitative estimate of drug-likeness (QED) is 0.529. The van der Waals surface area contributed by atoms with E-state index in [2.05, 4.69) is 5.10 Å². The zero-order valence-corrected chi connectivity index (χ0v) is 19.3. The number of hydrogen-bond acceptors (Lipinski definition) is 4. The normalized spacial score (nSPS) is 22.5. The first kappa shape index (κ1) is 23.8. The Balaban J connectivity index is 1.54. The molecule has 0 spiro atoms. The second-order valence-electron chi connectivity index (χ2n) is 8.98. The summed E-state index contributed by atoms with van der Waals surface area (Å²) in [5.74, 6) is -0.621. The van der Waals surface area contributed by atoms with Gasteiger partial charge in [0.1, 0.15) is 0 Å². The lowest BCUT2D eigenvalue weighted by Gasteiger charge is -2.37. The summed E-state index contributed by atoms with van der Waals surface area (Å²) in [6.45, 7) is 0. The van der Waals surface area contributed by atoms with Crippen LogP contribution in [0.4, 0.5) is 13.2 Å². The highest BCUT2D eigenvalue weighted by molar-refractivity contribution is 6.33. The van der Waals surface area contributed by atoms with Gasteiger partial charge >= 0.3 is 6.18 Å². The molecule has 0 saturated heterocycles. The number of benzene rings is 2. The Morgan fingerprint density at radius 3 is 2.46 bits per heavy atom. The number of aliphatic hydroxyl groups is 2. The van der Waals surface area contributed by atoms with Crippen molar-refractivity contribution in [3.63, 3.8) is 0 Å². The summed E-state index contributed by atoms with van der Waals surface area (Å²) in [6, 6.07) is 9.14. The molecule has 1 saturated carbocycles. The third-order valence-corrected chi connectivity index (χ3v) is 7.20. The first-order chi connectivity index (χ1) is 16.7. The Morgan fingerprint density at radius 2 is 1.83 bits per heavy atom. The number of alkyl halides is 3. The second-order valence-corrected chi connectivity index (χ2v) is 9.36. The van der Waals surface area contributed by atoms with E-state index in [9.17, 15) is 28.2 Å². The molecule has 2 aromatic carbocycles. The maximum Gasteiger partial charge on any atom is 0.418 e. The van der Waals surface area contributed by atoms with Crippen molar-refractivity contribution in [3.05, 3.63) is 81.6 Å². The van der Waals surface area contributed by atoms with Gasteiger partial charge in [0, 0.05) is 23.5 Å². The van der Waals surface area contributed by atoms with E-state index in [0.29, 0.717) is 18.4 Å². The zero-order chi connectivity index (χ0) is 24.9. The maximum absolute atomic E-state index is 14.2. The number of rotatable bonds is 4. The van der Waals surface area contributed by atoms with E-state index < -0.39 is 41.0 Å². The molecular formula is C25H23ClF3N3O3. The highest BCUT2D eigenvalue weighted by Crippen LogP contribution is 2.47. The standard InChI is InChI=1S/C25H23ClF3N3O3/c26-22-20-17(23(34)32(24(20)35)18-4-1-2-5-19(18)33)13-15(21(22)25(27,28)29)12-14-6-8-16(9-7-14)31-11-3-10-30-31/h3,6-11,13,18-19,24,33,35H,1-2,4-5,12H2. The minimum atomic E-state index is -4.79. The highest BCUT2D eigenvalue weighted by atomic mass is 35.5. The van der Waals surface area contributed by atoms with Gasteiger partial charge in [0.05, 0.1) is 28.4 Å². The molecule has 1 fully saturated rings. The average Bonchev–Trinajstić information content (AvgIpc) is 3.42. The fourth-order valence-corrected chi connectivity index (χ4v) is 5.57. The van der Waals surface area contributed by atoms with Crippen molar-refractivity contribution in [3.8, 4) is 5.69 Å². The van der Waals surface area contributed by atoms with Gasteiger partial charge in [-0.2, -0.15) is 18.3 Å². The second kappa shape index (κ2) is 8.96. The maximum atomic E-state index is 14.2. The van der Waals surface area contributed by atoms with Crippen LogP contribution in [0, 0.1) is 0 Å². The van der Waals surface area contributed by atoms with Crippen molar-refractivity contribution in [2.45, 2.75) is 56.7 Å². The van der Waals surface area contributed by atoms with Crippen LogP contribution in [0.1, 0.15) is 64.5 Å². The van der Waals surface area contributed by atoms with Crippen molar-refractivity contribution in [1.29, 1.82) is 0 Å². The highest BCUT2D eigenvalue weighted by Gasteiger charge is 2.47. The Kier molecular flexibility index (Phi) is 6.11. The topological polar surface area (TPSA) is 78.6 Å². The van der Waals surface area contributed by atoms with E-state index in [4.69, 9.17) is 11.6 Å². The van der Waals surface area contributed by atoms with Crippen molar-refractivity contribution in [2.75, 3.05) is 0 Å². The summed E-state index contributed by atoms with van der Waals surface area (Å²) in [4.78, 5) is 14.3. The van der Waals surface area contributed by atoms with Crippen LogP contribution in [-0.2, 0) is 12.6 Å². The van der Waals surface area contributed by atoms with E-state index in [1.54, 1.807) is 47.4 Å².